The van der Waals surface area contributed by atoms with E-state index in [1.807, 2.05) is 6.92 Å². The third-order valence-corrected chi connectivity index (χ3v) is 4.83. The second-order valence-electron chi connectivity index (χ2n) is 4.84. The zero-order valence-corrected chi connectivity index (χ0v) is 13.5. The first kappa shape index (κ1) is 17.8. The largest absolute Gasteiger partial charge is 0.356 e. The molecule has 0 N–H and O–H groups in total. The molecule has 5 nitrogen and oxygen atoms in total. The quantitative estimate of drug-likeness (QED) is 0.653. The third-order valence-electron chi connectivity index (χ3n) is 3.10. The number of benzene rings is 1. The van der Waals surface area contributed by atoms with E-state index in [0.717, 1.165) is 5.56 Å². The number of carbonyl (C=O) groups is 1. The summed E-state index contributed by atoms with van der Waals surface area (Å²) < 4.78 is 34.2. The zero-order valence-electron chi connectivity index (χ0n) is 12.7. The van der Waals surface area contributed by atoms with Crippen LogP contribution < -0.4 is 0 Å². The zero-order chi connectivity index (χ0) is 15.9. The van der Waals surface area contributed by atoms with Crippen LogP contribution in [0.4, 0.5) is 0 Å². The number of aryl methyl sites for hydroxylation is 1. The molecule has 6 heteroatoms. The van der Waals surface area contributed by atoms with Gasteiger partial charge in [0, 0.05) is 20.0 Å². The van der Waals surface area contributed by atoms with Crippen molar-refractivity contribution >= 4 is 15.6 Å². The van der Waals surface area contributed by atoms with E-state index in [1.54, 1.807) is 31.2 Å². The van der Waals surface area contributed by atoms with Crippen LogP contribution >= 0.6 is 0 Å². The maximum absolute atomic E-state index is 12.1. The minimum absolute atomic E-state index is 0.000925. The smallest absolute Gasteiger partial charge is 0.178 e. The summed E-state index contributed by atoms with van der Waals surface area (Å²) in [6.07, 6.45) is -0.174. The number of Topliss-reactive ketones (excluding diaryl/α,β-unsaturated/α-hetero) is 1. The van der Waals surface area contributed by atoms with Gasteiger partial charge in [-0.15, -0.1) is 0 Å². The van der Waals surface area contributed by atoms with E-state index in [4.69, 9.17) is 9.47 Å². The van der Waals surface area contributed by atoms with Crippen LogP contribution in [0.2, 0.25) is 0 Å². The first-order valence-corrected chi connectivity index (χ1v) is 8.46. The Hall–Kier alpha value is -1.24. The van der Waals surface area contributed by atoms with Crippen molar-refractivity contribution in [3.63, 3.8) is 0 Å². The predicted octanol–water partition coefficient (Wildman–Crippen LogP) is 2.13. The number of hydrogen-bond donors (Lipinski definition) is 0. The van der Waals surface area contributed by atoms with Crippen LogP contribution in [0.3, 0.4) is 0 Å². The van der Waals surface area contributed by atoms with Crippen LogP contribution in [0, 0.1) is 6.92 Å². The van der Waals surface area contributed by atoms with Crippen molar-refractivity contribution < 1.29 is 22.7 Å². The van der Waals surface area contributed by atoms with Gasteiger partial charge in [-0.25, -0.2) is 8.42 Å². The molecule has 0 bridgehead atoms. The van der Waals surface area contributed by atoms with Crippen molar-refractivity contribution in [2.45, 2.75) is 37.9 Å². The lowest BCUT2D eigenvalue weighted by Gasteiger charge is -2.10. The number of carbonyl (C=O) groups excluding carboxylic acids is 1. The highest BCUT2D eigenvalue weighted by Crippen LogP contribution is 2.13. The Morgan fingerprint density at radius 1 is 1.19 bits per heavy atom. The maximum Gasteiger partial charge on any atom is 0.178 e. The highest BCUT2D eigenvalue weighted by Gasteiger charge is 2.16. The van der Waals surface area contributed by atoms with Crippen LogP contribution in [0.15, 0.2) is 29.2 Å². The summed E-state index contributed by atoms with van der Waals surface area (Å²) >= 11 is 0. The van der Waals surface area contributed by atoms with Crippen molar-refractivity contribution in [3.05, 3.63) is 29.8 Å². The molecule has 0 saturated carbocycles. The van der Waals surface area contributed by atoms with Gasteiger partial charge in [0.2, 0.25) is 0 Å². The number of rotatable bonds is 9. The van der Waals surface area contributed by atoms with Crippen molar-refractivity contribution in [3.8, 4) is 0 Å². The van der Waals surface area contributed by atoms with Crippen LogP contribution in [-0.4, -0.2) is 40.0 Å². The van der Waals surface area contributed by atoms with Gasteiger partial charge >= 0.3 is 0 Å². The van der Waals surface area contributed by atoms with E-state index >= 15 is 0 Å². The topological polar surface area (TPSA) is 69.7 Å². The highest BCUT2D eigenvalue weighted by atomic mass is 32.2. The fraction of sp³-hybridized carbons (Fsp3) is 0.533. The molecule has 0 aliphatic carbocycles. The Morgan fingerprint density at radius 2 is 1.81 bits per heavy atom. The van der Waals surface area contributed by atoms with Gasteiger partial charge in [0.25, 0.3) is 0 Å². The number of methoxy groups -OCH3 is 1. The first-order valence-electron chi connectivity index (χ1n) is 6.80. The van der Waals surface area contributed by atoms with E-state index < -0.39 is 9.84 Å². The van der Waals surface area contributed by atoms with Gasteiger partial charge in [-0.2, -0.15) is 0 Å². The van der Waals surface area contributed by atoms with Crippen LogP contribution in [-0.2, 0) is 24.1 Å². The lowest BCUT2D eigenvalue weighted by atomic mass is 10.2. The third kappa shape index (κ3) is 6.37. The molecular weight excluding hydrogens is 292 g/mol. The van der Waals surface area contributed by atoms with Crippen molar-refractivity contribution in [1.29, 1.82) is 0 Å². The Morgan fingerprint density at radius 3 is 2.38 bits per heavy atom. The van der Waals surface area contributed by atoms with Crippen LogP contribution in [0.5, 0.6) is 0 Å². The van der Waals surface area contributed by atoms with E-state index in [-0.39, 0.29) is 42.2 Å². The number of ketones is 1. The molecule has 0 saturated heterocycles. The minimum Gasteiger partial charge on any atom is -0.356 e. The molecule has 118 valence electrons. The molecule has 0 spiro atoms. The molecule has 0 aromatic heterocycles. The van der Waals surface area contributed by atoms with E-state index in [2.05, 4.69) is 0 Å². The Kier molecular flexibility index (Phi) is 7.01. The maximum atomic E-state index is 12.1. The fourth-order valence-corrected chi connectivity index (χ4v) is 2.93. The molecule has 1 atom stereocenters. The molecule has 0 heterocycles. The molecule has 0 amide bonds. The van der Waals surface area contributed by atoms with Crippen LogP contribution in [0.1, 0.15) is 25.3 Å². The van der Waals surface area contributed by atoms with Crippen molar-refractivity contribution in [1.82, 2.24) is 0 Å². The van der Waals surface area contributed by atoms with Crippen molar-refractivity contribution in [2.24, 2.45) is 0 Å². The molecular formula is C15H22O5S. The van der Waals surface area contributed by atoms with Crippen molar-refractivity contribution in [2.75, 3.05) is 19.5 Å². The molecule has 1 aromatic rings. The van der Waals surface area contributed by atoms with E-state index in [0.29, 0.717) is 0 Å². The summed E-state index contributed by atoms with van der Waals surface area (Å²) in [6.45, 7) is 3.85. The molecule has 1 rings (SSSR count). The van der Waals surface area contributed by atoms with Gasteiger partial charge in [0.15, 0.2) is 16.1 Å². The average molecular weight is 314 g/mol. The Labute approximate surface area is 126 Å². The molecule has 0 radical (unpaired) electrons. The van der Waals surface area contributed by atoms with Gasteiger partial charge in [-0.05, 0) is 26.0 Å². The summed E-state index contributed by atoms with van der Waals surface area (Å²) in [6, 6.07) is 6.63. The Balaban J connectivity index is 2.43. The summed E-state index contributed by atoms with van der Waals surface area (Å²) in [5.41, 5.74) is 0.995. The fourth-order valence-electron chi connectivity index (χ4n) is 1.64. The SMILES string of the molecule is COC(C)OCCC(=O)CCS(=O)(=O)c1ccc(C)cc1. The number of ether oxygens (including phenoxy) is 2. The molecule has 1 unspecified atom stereocenters. The molecule has 1 aromatic carbocycles. The number of sulfone groups is 1. The summed E-state index contributed by atoms with van der Waals surface area (Å²) in [4.78, 5) is 11.9. The van der Waals surface area contributed by atoms with Gasteiger partial charge < -0.3 is 9.47 Å². The molecule has 21 heavy (non-hydrogen) atoms. The second kappa shape index (κ2) is 8.26. The summed E-state index contributed by atoms with van der Waals surface area (Å²) in [5, 5.41) is 0. The lowest BCUT2D eigenvalue weighted by molar-refractivity contribution is -0.128. The molecule has 0 aliphatic heterocycles. The summed E-state index contributed by atoms with van der Waals surface area (Å²) in [7, 11) is -1.89. The molecule has 0 aliphatic rings. The van der Waals surface area contributed by atoms with Gasteiger partial charge in [-0.3, -0.25) is 4.79 Å². The summed E-state index contributed by atoms with van der Waals surface area (Å²) in [5.74, 6) is -0.302. The highest BCUT2D eigenvalue weighted by molar-refractivity contribution is 7.91. The minimum atomic E-state index is -3.40. The van der Waals surface area contributed by atoms with Gasteiger partial charge in [0.1, 0.15) is 5.78 Å². The van der Waals surface area contributed by atoms with Crippen LogP contribution in [0.25, 0.3) is 0 Å². The monoisotopic (exact) mass is 314 g/mol. The van der Waals surface area contributed by atoms with Gasteiger partial charge in [-0.1, -0.05) is 17.7 Å². The normalized spacial score (nSPS) is 13.1. The van der Waals surface area contributed by atoms with E-state index in [9.17, 15) is 13.2 Å². The predicted molar refractivity (Wildman–Crippen MR) is 79.9 cm³/mol. The second-order valence-corrected chi connectivity index (χ2v) is 6.95. The average Bonchev–Trinajstić information content (AvgIpc) is 2.45. The molecule has 0 fully saturated rings. The first-order chi connectivity index (χ1) is 9.85. The number of hydrogen-bond acceptors (Lipinski definition) is 5. The standard InChI is InChI=1S/C15H22O5S/c1-12-4-6-15(7-5-12)21(17,18)11-9-14(16)8-10-20-13(2)19-3/h4-7,13H,8-11H2,1-3H3. The lowest BCUT2D eigenvalue weighted by Crippen LogP contribution is -2.16. The van der Waals surface area contributed by atoms with E-state index in [1.165, 1.54) is 7.11 Å². The Bertz CT molecular complexity index is 548. The van der Waals surface area contributed by atoms with Gasteiger partial charge in [0.05, 0.1) is 17.3 Å².